The summed E-state index contributed by atoms with van der Waals surface area (Å²) in [5.74, 6) is -1.17. The predicted molar refractivity (Wildman–Crippen MR) is 71.2 cm³/mol. The zero-order valence-electron chi connectivity index (χ0n) is 11.0. The van der Waals surface area contributed by atoms with Gasteiger partial charge in [0.2, 0.25) is 0 Å². The normalized spacial score (nSPS) is 11.7. The molecule has 0 aliphatic carbocycles. The first-order valence-electron chi connectivity index (χ1n) is 5.91. The smallest absolute Gasteiger partial charge is 0.326 e. The first-order chi connectivity index (χ1) is 8.97. The lowest BCUT2D eigenvalue weighted by Crippen LogP contribution is -2.47. The second kappa shape index (κ2) is 6.75. The highest BCUT2D eigenvalue weighted by Gasteiger charge is 2.22. The second-order valence-corrected chi connectivity index (χ2v) is 4.20. The number of benzene rings is 1. The number of hydrogen-bond acceptors (Lipinski definition) is 3. The number of aliphatic carboxylic acids is 1. The molecule has 0 bridgehead atoms. The molecule has 1 rings (SSSR count). The number of aryl methyl sites for hydroxylation is 1. The lowest BCUT2D eigenvalue weighted by molar-refractivity contribution is -0.139. The molecule has 0 unspecified atom stereocenters. The first kappa shape index (κ1) is 15.0. The zero-order chi connectivity index (χ0) is 14.4. The first-order valence-corrected chi connectivity index (χ1v) is 5.91. The minimum atomic E-state index is -1.17. The van der Waals surface area contributed by atoms with Crippen LogP contribution in [0.5, 0.6) is 0 Å². The number of nitrogens with one attached hydrogen (secondary N) is 1. The molecule has 0 saturated carbocycles. The van der Waals surface area contributed by atoms with Crippen molar-refractivity contribution in [1.82, 2.24) is 5.32 Å². The molecule has 6 nitrogen and oxygen atoms in total. The highest BCUT2D eigenvalue weighted by molar-refractivity contribution is 5.94. The van der Waals surface area contributed by atoms with E-state index in [1.165, 1.54) is 4.90 Å². The van der Waals surface area contributed by atoms with Crippen LogP contribution in [-0.2, 0) is 4.79 Å². The van der Waals surface area contributed by atoms with E-state index in [0.717, 1.165) is 5.56 Å². The molecule has 0 fully saturated rings. The van der Waals surface area contributed by atoms with E-state index in [0.29, 0.717) is 5.69 Å². The molecule has 0 saturated heterocycles. The fourth-order valence-electron chi connectivity index (χ4n) is 1.68. The van der Waals surface area contributed by atoms with Crippen LogP contribution in [0.3, 0.4) is 0 Å². The van der Waals surface area contributed by atoms with Crippen molar-refractivity contribution in [2.45, 2.75) is 19.4 Å². The number of carboxylic acid groups (broad SMARTS) is 1. The van der Waals surface area contributed by atoms with Crippen molar-refractivity contribution >= 4 is 17.7 Å². The third-order valence-electron chi connectivity index (χ3n) is 2.80. The van der Waals surface area contributed by atoms with Gasteiger partial charge in [0.25, 0.3) is 0 Å². The van der Waals surface area contributed by atoms with Gasteiger partial charge in [-0.05, 0) is 18.6 Å². The van der Waals surface area contributed by atoms with E-state index in [4.69, 9.17) is 10.2 Å². The number of amides is 2. The zero-order valence-corrected chi connectivity index (χ0v) is 11.0. The summed E-state index contributed by atoms with van der Waals surface area (Å²) in [6, 6.07) is 5.68. The number of urea groups is 1. The Labute approximate surface area is 111 Å². The molecule has 0 spiro atoms. The van der Waals surface area contributed by atoms with Gasteiger partial charge in [-0.1, -0.05) is 18.2 Å². The summed E-state index contributed by atoms with van der Waals surface area (Å²) in [5.41, 5.74) is 1.61. The van der Waals surface area contributed by atoms with Crippen LogP contribution in [0.15, 0.2) is 24.3 Å². The van der Waals surface area contributed by atoms with E-state index in [1.54, 1.807) is 19.2 Å². The van der Waals surface area contributed by atoms with Crippen LogP contribution in [0.2, 0.25) is 0 Å². The van der Waals surface area contributed by atoms with E-state index >= 15 is 0 Å². The molecule has 6 heteroatoms. The van der Waals surface area contributed by atoms with E-state index in [-0.39, 0.29) is 13.0 Å². The molecule has 0 heterocycles. The Bertz CT molecular complexity index is 462. The maximum atomic E-state index is 12.0. The molecule has 104 valence electrons. The second-order valence-electron chi connectivity index (χ2n) is 4.20. The Balaban J connectivity index is 2.77. The van der Waals surface area contributed by atoms with Crippen LogP contribution < -0.4 is 10.2 Å². The highest BCUT2D eigenvalue weighted by Crippen LogP contribution is 2.17. The number of hydrogen-bond donors (Lipinski definition) is 3. The Kier molecular flexibility index (Phi) is 5.32. The van der Waals surface area contributed by atoms with E-state index < -0.39 is 18.0 Å². The maximum absolute atomic E-state index is 12.0. The van der Waals surface area contributed by atoms with Crippen molar-refractivity contribution in [3.05, 3.63) is 29.8 Å². The Morgan fingerprint density at radius 2 is 2.00 bits per heavy atom. The van der Waals surface area contributed by atoms with Gasteiger partial charge < -0.3 is 15.5 Å². The van der Waals surface area contributed by atoms with Crippen molar-refractivity contribution in [2.24, 2.45) is 0 Å². The van der Waals surface area contributed by atoms with Crippen molar-refractivity contribution in [3.8, 4) is 0 Å². The summed E-state index contributed by atoms with van der Waals surface area (Å²) in [5, 5.41) is 20.1. The van der Waals surface area contributed by atoms with Gasteiger partial charge in [-0.15, -0.1) is 0 Å². The average Bonchev–Trinajstić information content (AvgIpc) is 2.37. The average molecular weight is 266 g/mol. The van der Waals surface area contributed by atoms with Gasteiger partial charge in [-0.3, -0.25) is 4.90 Å². The van der Waals surface area contributed by atoms with Crippen molar-refractivity contribution in [2.75, 3.05) is 18.6 Å². The number of para-hydroxylation sites is 1. The molecule has 1 atom stereocenters. The van der Waals surface area contributed by atoms with Gasteiger partial charge in [-0.2, -0.15) is 0 Å². The summed E-state index contributed by atoms with van der Waals surface area (Å²) in [4.78, 5) is 24.2. The van der Waals surface area contributed by atoms with Crippen molar-refractivity contribution in [3.63, 3.8) is 0 Å². The van der Waals surface area contributed by atoms with Gasteiger partial charge in [0.05, 0.1) is 0 Å². The predicted octanol–water partition coefficient (Wildman–Crippen LogP) is 0.976. The van der Waals surface area contributed by atoms with Crippen molar-refractivity contribution < 1.29 is 19.8 Å². The molecule has 0 aliphatic heterocycles. The third-order valence-corrected chi connectivity index (χ3v) is 2.80. The fourth-order valence-corrected chi connectivity index (χ4v) is 1.68. The topological polar surface area (TPSA) is 89.9 Å². The Morgan fingerprint density at radius 1 is 1.37 bits per heavy atom. The van der Waals surface area contributed by atoms with Gasteiger partial charge in [0, 0.05) is 25.8 Å². The van der Waals surface area contributed by atoms with Gasteiger partial charge >= 0.3 is 12.0 Å². The Hall–Kier alpha value is -2.08. The van der Waals surface area contributed by atoms with Gasteiger partial charge in [0.1, 0.15) is 6.04 Å². The molecular weight excluding hydrogens is 248 g/mol. The lowest BCUT2D eigenvalue weighted by Gasteiger charge is -2.22. The van der Waals surface area contributed by atoms with E-state index in [9.17, 15) is 9.59 Å². The number of aliphatic hydroxyl groups excluding tert-OH is 1. The number of rotatable bonds is 5. The number of carbonyl (C=O) groups excluding carboxylic acids is 1. The largest absolute Gasteiger partial charge is 0.480 e. The van der Waals surface area contributed by atoms with Crippen LogP contribution in [0, 0.1) is 6.92 Å². The van der Waals surface area contributed by atoms with Gasteiger partial charge in [0.15, 0.2) is 0 Å². The van der Waals surface area contributed by atoms with Crippen molar-refractivity contribution in [1.29, 1.82) is 0 Å². The van der Waals surface area contributed by atoms with E-state index in [1.807, 2.05) is 19.1 Å². The summed E-state index contributed by atoms with van der Waals surface area (Å²) in [6.45, 7) is 1.56. The maximum Gasteiger partial charge on any atom is 0.326 e. The minimum Gasteiger partial charge on any atom is -0.480 e. The third kappa shape index (κ3) is 3.96. The summed E-state index contributed by atoms with van der Waals surface area (Å²) in [6.07, 6.45) is -0.0251. The monoisotopic (exact) mass is 266 g/mol. The van der Waals surface area contributed by atoms with E-state index in [2.05, 4.69) is 5.32 Å². The standard InChI is InChI=1S/C13H18N2O4/c1-9-5-3-4-6-11(9)15(2)13(19)14-10(7-8-16)12(17)18/h3-6,10,16H,7-8H2,1-2H3,(H,14,19)(H,17,18)/t10-/m0/s1. The molecular formula is C13H18N2O4. The Morgan fingerprint density at radius 3 is 2.53 bits per heavy atom. The number of nitrogens with zero attached hydrogens (tertiary/aromatic N) is 1. The van der Waals surface area contributed by atoms with Crippen LogP contribution in [0.25, 0.3) is 0 Å². The molecule has 19 heavy (non-hydrogen) atoms. The molecule has 1 aromatic rings. The molecule has 3 N–H and O–H groups in total. The SMILES string of the molecule is Cc1ccccc1N(C)C(=O)N[C@@H](CCO)C(=O)O. The molecule has 0 aliphatic rings. The molecule has 0 aromatic heterocycles. The lowest BCUT2D eigenvalue weighted by atomic mass is 10.2. The molecule has 0 radical (unpaired) electrons. The quantitative estimate of drug-likeness (QED) is 0.741. The number of carboxylic acids is 1. The van der Waals surface area contributed by atoms with Crippen LogP contribution in [0.4, 0.5) is 10.5 Å². The van der Waals surface area contributed by atoms with Gasteiger partial charge in [-0.25, -0.2) is 9.59 Å². The highest BCUT2D eigenvalue weighted by atomic mass is 16.4. The summed E-state index contributed by atoms with van der Waals surface area (Å²) in [7, 11) is 1.57. The summed E-state index contributed by atoms with van der Waals surface area (Å²) < 4.78 is 0. The summed E-state index contributed by atoms with van der Waals surface area (Å²) >= 11 is 0. The van der Waals surface area contributed by atoms with Crippen LogP contribution in [-0.4, -0.2) is 41.9 Å². The fraction of sp³-hybridized carbons (Fsp3) is 0.385. The molecule has 2 amide bonds. The number of anilines is 1. The minimum absolute atomic E-state index is 0.0251. The van der Waals surface area contributed by atoms with Crippen LogP contribution >= 0.6 is 0 Å². The van der Waals surface area contributed by atoms with Crippen LogP contribution in [0.1, 0.15) is 12.0 Å². The molecule has 1 aromatic carbocycles. The number of aliphatic hydroxyl groups is 1. The number of carbonyl (C=O) groups is 2.